The number of hydrogen-bond acceptors (Lipinski definition) is 6. The van der Waals surface area contributed by atoms with Crippen LogP contribution in [0, 0.1) is 0 Å². The standard InChI is InChI=1S/C20H26N2O5S/c1-25-18-7-8-19(26-2)20(13-18)28(23,24)21-14-16-3-5-17(6-4-16)15-22-9-11-27-12-10-22/h3-8,13,21H,9-12,14-15H2,1-2H3. The number of ether oxygens (including phenoxy) is 3. The maximum absolute atomic E-state index is 12.7. The first kappa shape index (κ1) is 20.6. The van der Waals surface area contributed by atoms with E-state index >= 15 is 0 Å². The molecule has 0 saturated carbocycles. The van der Waals surface area contributed by atoms with Gasteiger partial charge in [-0.1, -0.05) is 24.3 Å². The van der Waals surface area contributed by atoms with E-state index in [0.29, 0.717) is 5.75 Å². The fourth-order valence-corrected chi connectivity index (χ4v) is 4.23. The van der Waals surface area contributed by atoms with Crippen LogP contribution in [0.5, 0.6) is 11.5 Å². The van der Waals surface area contributed by atoms with Gasteiger partial charge in [0.1, 0.15) is 16.4 Å². The summed E-state index contributed by atoms with van der Waals surface area (Å²) in [5.41, 5.74) is 2.08. The highest BCUT2D eigenvalue weighted by Gasteiger charge is 2.20. The molecule has 0 unspecified atom stereocenters. The highest BCUT2D eigenvalue weighted by atomic mass is 32.2. The van der Waals surface area contributed by atoms with Gasteiger partial charge in [0, 0.05) is 32.2 Å². The lowest BCUT2D eigenvalue weighted by Crippen LogP contribution is -2.35. The van der Waals surface area contributed by atoms with Crippen LogP contribution in [0.3, 0.4) is 0 Å². The molecule has 0 atom stereocenters. The molecule has 0 amide bonds. The number of nitrogens with one attached hydrogen (secondary N) is 1. The highest BCUT2D eigenvalue weighted by molar-refractivity contribution is 7.89. The Morgan fingerprint density at radius 2 is 1.68 bits per heavy atom. The van der Waals surface area contributed by atoms with Gasteiger partial charge in [-0.25, -0.2) is 13.1 Å². The molecule has 2 aromatic carbocycles. The average Bonchev–Trinajstić information content (AvgIpc) is 2.73. The van der Waals surface area contributed by atoms with Crippen molar-refractivity contribution in [3.63, 3.8) is 0 Å². The van der Waals surface area contributed by atoms with Crippen LogP contribution in [0.4, 0.5) is 0 Å². The Morgan fingerprint density at radius 1 is 1.00 bits per heavy atom. The molecular formula is C20H26N2O5S. The van der Waals surface area contributed by atoms with Gasteiger partial charge in [0.15, 0.2) is 0 Å². The van der Waals surface area contributed by atoms with E-state index < -0.39 is 10.0 Å². The van der Waals surface area contributed by atoms with E-state index in [1.165, 1.54) is 25.8 Å². The number of hydrogen-bond donors (Lipinski definition) is 1. The monoisotopic (exact) mass is 406 g/mol. The fraction of sp³-hybridized carbons (Fsp3) is 0.400. The Balaban J connectivity index is 1.64. The minimum atomic E-state index is -3.74. The van der Waals surface area contributed by atoms with Crippen molar-refractivity contribution in [2.45, 2.75) is 18.0 Å². The Morgan fingerprint density at radius 3 is 2.32 bits per heavy atom. The van der Waals surface area contributed by atoms with E-state index in [1.54, 1.807) is 12.1 Å². The maximum atomic E-state index is 12.7. The molecular weight excluding hydrogens is 380 g/mol. The molecule has 7 nitrogen and oxygen atoms in total. The molecule has 8 heteroatoms. The second-order valence-electron chi connectivity index (χ2n) is 6.55. The molecule has 152 valence electrons. The summed E-state index contributed by atoms with van der Waals surface area (Å²) < 4.78 is 43.7. The van der Waals surface area contributed by atoms with E-state index in [9.17, 15) is 8.42 Å². The van der Waals surface area contributed by atoms with Gasteiger partial charge >= 0.3 is 0 Å². The number of nitrogens with zero attached hydrogens (tertiary/aromatic N) is 1. The van der Waals surface area contributed by atoms with Crippen LogP contribution >= 0.6 is 0 Å². The maximum Gasteiger partial charge on any atom is 0.244 e. The van der Waals surface area contributed by atoms with Gasteiger partial charge in [-0.3, -0.25) is 4.90 Å². The van der Waals surface area contributed by atoms with E-state index in [1.807, 2.05) is 24.3 Å². The molecule has 0 spiro atoms. The van der Waals surface area contributed by atoms with Gasteiger partial charge in [0.05, 0.1) is 27.4 Å². The molecule has 1 heterocycles. The SMILES string of the molecule is COc1ccc(OC)c(S(=O)(=O)NCc2ccc(CN3CCOCC3)cc2)c1. The van der Waals surface area contributed by atoms with Crippen LogP contribution in [0.15, 0.2) is 47.4 Å². The second kappa shape index (κ2) is 9.38. The molecule has 1 fully saturated rings. The van der Waals surface area contributed by atoms with Gasteiger partial charge in [0.25, 0.3) is 0 Å². The third-order valence-corrected chi connectivity index (χ3v) is 6.08. The van der Waals surface area contributed by atoms with Crippen LogP contribution in [0.25, 0.3) is 0 Å². The molecule has 28 heavy (non-hydrogen) atoms. The Kier molecular flexibility index (Phi) is 6.90. The number of morpholine rings is 1. The zero-order chi connectivity index (χ0) is 20.0. The van der Waals surface area contributed by atoms with Gasteiger partial charge in [-0.2, -0.15) is 0 Å². The van der Waals surface area contributed by atoms with Gasteiger partial charge in [0.2, 0.25) is 10.0 Å². The summed E-state index contributed by atoms with van der Waals surface area (Å²) in [5.74, 6) is 0.725. The zero-order valence-corrected chi connectivity index (χ0v) is 17.0. The summed E-state index contributed by atoms with van der Waals surface area (Å²) in [6, 6.07) is 12.6. The van der Waals surface area contributed by atoms with Gasteiger partial charge < -0.3 is 14.2 Å². The quantitative estimate of drug-likeness (QED) is 0.723. The minimum absolute atomic E-state index is 0.0540. The first-order chi connectivity index (χ1) is 13.5. The van der Waals surface area contributed by atoms with E-state index in [2.05, 4.69) is 9.62 Å². The first-order valence-electron chi connectivity index (χ1n) is 9.11. The number of sulfonamides is 1. The van der Waals surface area contributed by atoms with Crippen molar-refractivity contribution in [1.29, 1.82) is 0 Å². The van der Waals surface area contributed by atoms with Crippen molar-refractivity contribution in [1.82, 2.24) is 9.62 Å². The van der Waals surface area contributed by atoms with Gasteiger partial charge in [-0.15, -0.1) is 0 Å². The lowest BCUT2D eigenvalue weighted by Gasteiger charge is -2.26. The summed E-state index contributed by atoms with van der Waals surface area (Å²) in [5, 5.41) is 0. The number of rotatable bonds is 8. The normalized spacial score (nSPS) is 15.4. The third-order valence-electron chi connectivity index (χ3n) is 4.66. The Labute approximate surface area is 166 Å². The van der Waals surface area contributed by atoms with Crippen molar-refractivity contribution in [3.05, 3.63) is 53.6 Å². The second-order valence-corrected chi connectivity index (χ2v) is 8.28. The predicted octanol–water partition coefficient (Wildman–Crippen LogP) is 2.01. The smallest absolute Gasteiger partial charge is 0.244 e. The Bertz CT molecular complexity index is 878. The molecule has 1 N–H and O–H groups in total. The predicted molar refractivity (Wildman–Crippen MR) is 106 cm³/mol. The van der Waals surface area contributed by atoms with Crippen molar-refractivity contribution in [2.24, 2.45) is 0 Å². The highest BCUT2D eigenvalue weighted by Crippen LogP contribution is 2.28. The van der Waals surface area contributed by atoms with Crippen LogP contribution in [-0.2, 0) is 27.8 Å². The molecule has 0 aromatic heterocycles. The van der Waals surface area contributed by atoms with Crippen LogP contribution in [-0.4, -0.2) is 53.8 Å². The van der Waals surface area contributed by atoms with E-state index in [-0.39, 0.29) is 17.2 Å². The lowest BCUT2D eigenvalue weighted by atomic mass is 10.1. The molecule has 1 saturated heterocycles. The molecule has 0 bridgehead atoms. The van der Waals surface area contributed by atoms with Crippen molar-refractivity contribution in [2.75, 3.05) is 40.5 Å². The molecule has 0 aliphatic carbocycles. The van der Waals surface area contributed by atoms with Gasteiger partial charge in [-0.05, 0) is 23.3 Å². The first-order valence-corrected chi connectivity index (χ1v) is 10.6. The van der Waals surface area contributed by atoms with Crippen molar-refractivity contribution >= 4 is 10.0 Å². The summed E-state index contributed by atoms with van der Waals surface area (Å²) >= 11 is 0. The van der Waals surface area contributed by atoms with Crippen LogP contribution < -0.4 is 14.2 Å². The molecule has 1 aliphatic heterocycles. The van der Waals surface area contributed by atoms with E-state index in [0.717, 1.165) is 38.4 Å². The summed E-state index contributed by atoms with van der Waals surface area (Å²) in [7, 11) is -0.815. The molecule has 0 radical (unpaired) electrons. The lowest BCUT2D eigenvalue weighted by molar-refractivity contribution is 0.0342. The zero-order valence-electron chi connectivity index (χ0n) is 16.2. The average molecular weight is 407 g/mol. The van der Waals surface area contributed by atoms with Crippen molar-refractivity contribution < 1.29 is 22.6 Å². The minimum Gasteiger partial charge on any atom is -0.497 e. The Hall–Kier alpha value is -2.13. The number of methoxy groups -OCH3 is 2. The largest absolute Gasteiger partial charge is 0.497 e. The van der Waals surface area contributed by atoms with E-state index in [4.69, 9.17) is 14.2 Å². The summed E-state index contributed by atoms with van der Waals surface area (Å²) in [4.78, 5) is 2.40. The summed E-state index contributed by atoms with van der Waals surface area (Å²) in [6.45, 7) is 4.48. The number of benzene rings is 2. The summed E-state index contributed by atoms with van der Waals surface area (Å²) in [6.07, 6.45) is 0. The fourth-order valence-electron chi connectivity index (χ4n) is 3.03. The third kappa shape index (κ3) is 5.23. The topological polar surface area (TPSA) is 77.1 Å². The molecule has 1 aliphatic rings. The van der Waals surface area contributed by atoms with Crippen LogP contribution in [0.2, 0.25) is 0 Å². The molecule has 3 rings (SSSR count). The van der Waals surface area contributed by atoms with Crippen LogP contribution in [0.1, 0.15) is 11.1 Å². The van der Waals surface area contributed by atoms with Crippen molar-refractivity contribution in [3.8, 4) is 11.5 Å². The molecule has 2 aromatic rings.